The van der Waals surface area contributed by atoms with Crippen molar-refractivity contribution in [1.82, 2.24) is 34.4 Å². The van der Waals surface area contributed by atoms with E-state index in [9.17, 15) is 27.6 Å². The van der Waals surface area contributed by atoms with Crippen LogP contribution in [0.4, 0.5) is 18.9 Å². The highest BCUT2D eigenvalue weighted by Crippen LogP contribution is 2.41. The van der Waals surface area contributed by atoms with Gasteiger partial charge in [0.1, 0.15) is 0 Å². The van der Waals surface area contributed by atoms with Crippen LogP contribution < -0.4 is 10.6 Å². The minimum Gasteiger partial charge on any atom is -0.338 e. The van der Waals surface area contributed by atoms with Crippen molar-refractivity contribution >= 4 is 35.0 Å². The number of carbonyl (C=O) groups is 3. The van der Waals surface area contributed by atoms with Crippen molar-refractivity contribution < 1.29 is 27.6 Å². The number of carbonyl (C=O) groups excluding carboxylic acids is 3. The molecule has 2 N–H and O–H groups in total. The molecule has 2 aromatic heterocycles. The molecule has 1 atom stereocenters. The number of nitrogens with one attached hydrogen (secondary N) is 2. The number of hydrogen-bond acceptors (Lipinski definition) is 6. The molecule has 4 heterocycles. The van der Waals surface area contributed by atoms with E-state index in [1.807, 2.05) is 0 Å². The summed E-state index contributed by atoms with van der Waals surface area (Å²) < 4.78 is 43.8. The van der Waals surface area contributed by atoms with Gasteiger partial charge in [0.25, 0.3) is 11.8 Å². The van der Waals surface area contributed by atoms with Crippen molar-refractivity contribution in [2.75, 3.05) is 38.0 Å². The van der Waals surface area contributed by atoms with Crippen LogP contribution in [0, 0.1) is 0 Å². The third-order valence-corrected chi connectivity index (χ3v) is 8.65. The number of benzene rings is 1. The van der Waals surface area contributed by atoms with Crippen molar-refractivity contribution in [3.63, 3.8) is 0 Å². The lowest BCUT2D eigenvalue weighted by Gasteiger charge is -2.37. The quantitative estimate of drug-likeness (QED) is 0.425. The Bertz CT molecular complexity index is 1580. The van der Waals surface area contributed by atoms with Crippen molar-refractivity contribution in [1.29, 1.82) is 0 Å². The maximum absolute atomic E-state index is 13.7. The van der Waals surface area contributed by atoms with E-state index >= 15 is 0 Å². The Hall–Kier alpha value is -3.91. The number of rotatable bonds is 6. The maximum atomic E-state index is 13.7. The topological polar surface area (TPSA) is 117 Å². The highest BCUT2D eigenvalue weighted by molar-refractivity contribution is 6.34. The molecule has 44 heavy (non-hydrogen) atoms. The first-order chi connectivity index (χ1) is 21.0. The predicted octanol–water partition coefficient (Wildman–Crippen LogP) is 3.97. The van der Waals surface area contributed by atoms with Gasteiger partial charge in [0, 0.05) is 45.1 Å². The van der Waals surface area contributed by atoms with Crippen LogP contribution in [0.1, 0.15) is 64.8 Å². The summed E-state index contributed by atoms with van der Waals surface area (Å²) in [7, 11) is 1.46. The number of alkyl halides is 3. The molecule has 0 unspecified atom stereocenters. The van der Waals surface area contributed by atoms with Crippen LogP contribution in [0.5, 0.6) is 0 Å². The van der Waals surface area contributed by atoms with Gasteiger partial charge in [0.15, 0.2) is 11.5 Å². The SMILES string of the molecule is Cn1c(-c2cn(C3CC3)nc2C(F)(F)F)cnc1C(=O)Nc1ccc(C(=O)N2CCN(C(=O)[C@H]3CCCCN3)CC2)c(Cl)c1. The Morgan fingerprint density at radius 1 is 1.05 bits per heavy atom. The monoisotopic (exact) mass is 632 g/mol. The number of imidazole rings is 1. The predicted molar refractivity (Wildman–Crippen MR) is 155 cm³/mol. The number of hydrogen-bond donors (Lipinski definition) is 2. The lowest BCUT2D eigenvalue weighted by molar-refractivity contribution is -0.141. The second-order valence-corrected chi connectivity index (χ2v) is 11.8. The number of piperidine rings is 1. The molecule has 3 aromatic rings. The number of halogens is 4. The molecule has 1 saturated carbocycles. The number of aromatic nitrogens is 4. The fourth-order valence-corrected chi connectivity index (χ4v) is 5.98. The minimum atomic E-state index is -4.67. The van der Waals surface area contributed by atoms with Gasteiger partial charge in [-0.1, -0.05) is 18.0 Å². The van der Waals surface area contributed by atoms with Gasteiger partial charge in [-0.15, -0.1) is 0 Å². The first kappa shape index (κ1) is 30.1. The van der Waals surface area contributed by atoms with Crippen molar-refractivity contribution in [2.45, 2.75) is 50.4 Å². The Kier molecular flexibility index (Phi) is 8.14. The van der Waals surface area contributed by atoms with Gasteiger partial charge >= 0.3 is 6.18 Å². The summed E-state index contributed by atoms with van der Waals surface area (Å²) in [5, 5.41) is 9.81. The smallest absolute Gasteiger partial charge is 0.338 e. The van der Waals surface area contributed by atoms with Crippen molar-refractivity contribution in [2.24, 2.45) is 7.05 Å². The maximum Gasteiger partial charge on any atom is 0.435 e. The Labute approximate surface area is 256 Å². The van der Waals surface area contributed by atoms with Gasteiger partial charge in [0.05, 0.1) is 40.1 Å². The van der Waals surface area contributed by atoms with Crippen LogP contribution in [-0.4, -0.2) is 85.6 Å². The summed E-state index contributed by atoms with van der Waals surface area (Å²) in [6.45, 7) is 2.46. The van der Waals surface area contributed by atoms with Crippen LogP contribution in [-0.2, 0) is 18.0 Å². The third-order valence-electron chi connectivity index (χ3n) is 8.33. The van der Waals surface area contributed by atoms with Gasteiger partial charge in [-0.3, -0.25) is 19.1 Å². The summed E-state index contributed by atoms with van der Waals surface area (Å²) in [6, 6.07) is 4.25. The second kappa shape index (κ2) is 11.9. The lowest BCUT2D eigenvalue weighted by atomic mass is 10.0. The number of nitrogens with zero attached hydrogens (tertiary/aromatic N) is 6. The summed E-state index contributed by atoms with van der Waals surface area (Å²) in [6.07, 6.45) is 2.33. The number of amides is 3. The van der Waals surface area contributed by atoms with E-state index < -0.39 is 17.8 Å². The molecule has 0 bridgehead atoms. The molecular weight excluding hydrogens is 601 g/mol. The molecule has 2 aliphatic heterocycles. The minimum absolute atomic E-state index is 0.0574. The molecule has 0 spiro atoms. The molecule has 2 saturated heterocycles. The first-order valence-corrected chi connectivity index (χ1v) is 15.0. The number of anilines is 1. The van der Waals surface area contributed by atoms with E-state index in [1.165, 1.54) is 46.9 Å². The zero-order valence-corrected chi connectivity index (χ0v) is 24.8. The van der Waals surface area contributed by atoms with E-state index in [2.05, 4.69) is 20.7 Å². The van der Waals surface area contributed by atoms with E-state index in [1.54, 1.807) is 9.80 Å². The fourth-order valence-electron chi connectivity index (χ4n) is 5.72. The summed E-state index contributed by atoms with van der Waals surface area (Å²) in [5.41, 5.74) is -0.537. The molecule has 3 aliphatic rings. The molecule has 1 aromatic carbocycles. The van der Waals surface area contributed by atoms with Crippen LogP contribution in [0.15, 0.2) is 30.6 Å². The molecule has 1 aliphatic carbocycles. The highest BCUT2D eigenvalue weighted by Gasteiger charge is 2.40. The third kappa shape index (κ3) is 6.05. The molecule has 234 valence electrons. The van der Waals surface area contributed by atoms with Crippen molar-refractivity contribution in [3.05, 3.63) is 52.7 Å². The van der Waals surface area contributed by atoms with Gasteiger partial charge in [-0.25, -0.2) is 4.98 Å². The van der Waals surface area contributed by atoms with Crippen LogP contribution >= 0.6 is 11.6 Å². The molecule has 3 amide bonds. The molecule has 6 rings (SSSR count). The Balaban J connectivity index is 1.10. The zero-order chi connectivity index (χ0) is 31.2. The van der Waals surface area contributed by atoms with E-state index in [0.29, 0.717) is 26.2 Å². The first-order valence-electron chi connectivity index (χ1n) is 14.6. The number of piperazine rings is 1. The standard InChI is InChI=1S/C29H32ClF3N8O3/c1-38-23(20-16-41(18-6-7-18)37-24(20)29(31,32)33)15-35-25(38)26(42)36-17-5-8-19(21(30)14-17)27(43)39-10-12-40(13-11-39)28(44)22-4-2-3-9-34-22/h5,8,14-16,18,22,34H,2-4,6-7,9-13H2,1H3,(H,36,42)/t22-/m1/s1. The average molecular weight is 633 g/mol. The molecule has 3 fully saturated rings. The lowest BCUT2D eigenvalue weighted by Crippen LogP contribution is -2.55. The van der Waals surface area contributed by atoms with E-state index in [-0.39, 0.29) is 57.3 Å². The Morgan fingerprint density at radius 3 is 2.41 bits per heavy atom. The Morgan fingerprint density at radius 2 is 1.77 bits per heavy atom. The van der Waals surface area contributed by atoms with Gasteiger partial charge in [0.2, 0.25) is 5.91 Å². The van der Waals surface area contributed by atoms with Gasteiger partial charge in [-0.05, 0) is 50.4 Å². The average Bonchev–Trinajstić information content (AvgIpc) is 3.64. The van der Waals surface area contributed by atoms with Gasteiger partial charge in [-0.2, -0.15) is 18.3 Å². The largest absolute Gasteiger partial charge is 0.435 e. The van der Waals surface area contributed by atoms with Crippen LogP contribution in [0.25, 0.3) is 11.3 Å². The zero-order valence-electron chi connectivity index (χ0n) is 24.0. The summed E-state index contributed by atoms with van der Waals surface area (Å²) >= 11 is 6.45. The molecular formula is C29H32ClF3N8O3. The highest BCUT2D eigenvalue weighted by atomic mass is 35.5. The fraction of sp³-hybridized carbons (Fsp3) is 0.483. The van der Waals surface area contributed by atoms with E-state index in [0.717, 1.165) is 38.6 Å². The van der Waals surface area contributed by atoms with Crippen LogP contribution in [0.2, 0.25) is 5.02 Å². The molecule has 15 heteroatoms. The summed E-state index contributed by atoms with van der Waals surface area (Å²) in [4.78, 5) is 46.6. The molecule has 11 nitrogen and oxygen atoms in total. The van der Waals surface area contributed by atoms with Crippen LogP contribution in [0.3, 0.4) is 0 Å². The van der Waals surface area contributed by atoms with Gasteiger partial charge < -0.3 is 25.0 Å². The second-order valence-electron chi connectivity index (χ2n) is 11.4. The summed E-state index contributed by atoms with van der Waals surface area (Å²) in [5.74, 6) is -0.981. The van der Waals surface area contributed by atoms with Crippen molar-refractivity contribution in [3.8, 4) is 11.3 Å². The molecule has 0 radical (unpaired) electrons. The van der Waals surface area contributed by atoms with E-state index in [4.69, 9.17) is 11.6 Å². The normalized spacial score (nSPS) is 19.2.